The van der Waals surface area contributed by atoms with E-state index in [0.717, 1.165) is 43.0 Å². The van der Waals surface area contributed by atoms with E-state index in [1.165, 1.54) is 30.5 Å². The van der Waals surface area contributed by atoms with E-state index in [1.54, 1.807) is 18.3 Å². The summed E-state index contributed by atoms with van der Waals surface area (Å²) >= 11 is 0. The van der Waals surface area contributed by atoms with Gasteiger partial charge in [-0.25, -0.2) is 4.39 Å². The summed E-state index contributed by atoms with van der Waals surface area (Å²) in [4.78, 5) is 11.6. The van der Waals surface area contributed by atoms with Crippen LogP contribution in [0.5, 0.6) is 0 Å². The molecule has 0 radical (unpaired) electrons. The second-order valence-electron chi connectivity index (χ2n) is 7.31. The average molecular weight is 361 g/mol. The predicted octanol–water partition coefficient (Wildman–Crippen LogP) is 4.74. The molecule has 0 spiro atoms. The van der Waals surface area contributed by atoms with Crippen molar-refractivity contribution < 1.29 is 4.39 Å². The minimum atomic E-state index is -0.234. The molecule has 1 saturated heterocycles. The second-order valence-corrected chi connectivity index (χ2v) is 7.31. The van der Waals surface area contributed by atoms with Crippen LogP contribution in [0.2, 0.25) is 0 Å². The van der Waals surface area contributed by atoms with Crippen LogP contribution in [-0.2, 0) is 13.0 Å². The number of benzene rings is 2. The first-order valence-electron chi connectivity index (χ1n) is 9.59. The van der Waals surface area contributed by atoms with Crippen LogP contribution in [-0.4, -0.2) is 28.0 Å². The van der Waals surface area contributed by atoms with Crippen molar-refractivity contribution in [2.75, 3.05) is 13.1 Å². The molecule has 138 valence electrons. The van der Waals surface area contributed by atoms with Gasteiger partial charge in [-0.15, -0.1) is 0 Å². The molecule has 27 heavy (non-hydrogen) atoms. The van der Waals surface area contributed by atoms with E-state index >= 15 is 0 Å². The van der Waals surface area contributed by atoms with Crippen molar-refractivity contribution in [3.8, 4) is 11.3 Å². The summed E-state index contributed by atoms with van der Waals surface area (Å²) in [6.45, 7) is 3.32. The average Bonchev–Trinajstić information content (AvgIpc) is 2.72. The predicted molar refractivity (Wildman–Crippen MR) is 106 cm³/mol. The van der Waals surface area contributed by atoms with Crippen molar-refractivity contribution in [3.63, 3.8) is 0 Å². The van der Waals surface area contributed by atoms with E-state index in [2.05, 4.69) is 45.2 Å². The molecule has 0 amide bonds. The highest BCUT2D eigenvalue weighted by Gasteiger charge is 2.20. The van der Waals surface area contributed by atoms with Crippen molar-refractivity contribution in [1.29, 1.82) is 0 Å². The summed E-state index contributed by atoms with van der Waals surface area (Å²) in [7, 11) is 0. The molecule has 0 aliphatic carbocycles. The molecule has 0 saturated carbocycles. The number of piperidine rings is 1. The highest BCUT2D eigenvalue weighted by molar-refractivity contribution is 5.57. The minimum Gasteiger partial charge on any atom is -0.299 e. The third kappa shape index (κ3) is 4.77. The topological polar surface area (TPSA) is 29.0 Å². The van der Waals surface area contributed by atoms with E-state index in [1.807, 2.05) is 6.20 Å². The number of hydrogen-bond acceptors (Lipinski definition) is 3. The fourth-order valence-corrected chi connectivity index (χ4v) is 3.72. The molecule has 2 heterocycles. The zero-order valence-electron chi connectivity index (χ0n) is 15.4. The summed E-state index contributed by atoms with van der Waals surface area (Å²) in [5, 5.41) is 0. The quantitative estimate of drug-likeness (QED) is 0.657. The maximum Gasteiger partial charge on any atom is 0.123 e. The zero-order valence-corrected chi connectivity index (χ0v) is 15.4. The third-order valence-electron chi connectivity index (χ3n) is 5.30. The fourth-order valence-electron chi connectivity index (χ4n) is 3.72. The number of aromatic nitrogens is 2. The van der Waals surface area contributed by atoms with Gasteiger partial charge in [-0.2, -0.15) is 0 Å². The molecule has 1 aromatic heterocycles. The smallest absolute Gasteiger partial charge is 0.123 e. The van der Waals surface area contributed by atoms with Gasteiger partial charge in [-0.05, 0) is 68.1 Å². The first-order chi connectivity index (χ1) is 13.3. The Morgan fingerprint density at radius 1 is 0.889 bits per heavy atom. The van der Waals surface area contributed by atoms with Crippen molar-refractivity contribution in [3.05, 3.63) is 84.1 Å². The van der Waals surface area contributed by atoms with Crippen LogP contribution in [0, 0.1) is 11.7 Å². The molecular weight excluding hydrogens is 337 g/mol. The maximum absolute atomic E-state index is 13.0. The summed E-state index contributed by atoms with van der Waals surface area (Å²) in [6, 6.07) is 17.1. The van der Waals surface area contributed by atoms with Gasteiger partial charge < -0.3 is 0 Å². The molecule has 3 aromatic rings. The van der Waals surface area contributed by atoms with E-state index in [0.29, 0.717) is 5.92 Å². The van der Waals surface area contributed by atoms with Gasteiger partial charge in [0.05, 0.1) is 17.6 Å². The Balaban J connectivity index is 1.29. The number of halogens is 1. The van der Waals surface area contributed by atoms with Crippen molar-refractivity contribution in [2.45, 2.75) is 25.8 Å². The monoisotopic (exact) mass is 361 g/mol. The molecule has 1 aliphatic heterocycles. The zero-order chi connectivity index (χ0) is 18.5. The Hall–Kier alpha value is -2.59. The van der Waals surface area contributed by atoms with Crippen LogP contribution in [0.3, 0.4) is 0 Å². The molecule has 3 nitrogen and oxygen atoms in total. The van der Waals surface area contributed by atoms with Gasteiger partial charge in [-0.1, -0.05) is 30.3 Å². The Morgan fingerprint density at radius 2 is 1.63 bits per heavy atom. The standard InChI is InChI=1S/C23H24FN3/c24-21-8-6-20(7-9-21)23-16-25-22(15-26-23)14-18-10-12-27(13-11-18)17-19-4-2-1-3-5-19/h1-9,15-16,18H,10-14,17H2. The minimum absolute atomic E-state index is 0.234. The summed E-state index contributed by atoms with van der Waals surface area (Å²) in [5.41, 5.74) is 4.11. The molecule has 0 N–H and O–H groups in total. The Kier molecular flexibility index (Phi) is 5.54. The Labute approximate surface area is 159 Å². The fraction of sp³-hybridized carbons (Fsp3) is 0.304. The summed E-state index contributed by atoms with van der Waals surface area (Å²) < 4.78 is 13.0. The lowest BCUT2D eigenvalue weighted by atomic mass is 9.92. The molecule has 4 heteroatoms. The molecule has 0 atom stereocenters. The molecular formula is C23H24FN3. The lowest BCUT2D eigenvalue weighted by Gasteiger charge is -2.31. The number of nitrogens with zero attached hydrogens (tertiary/aromatic N) is 3. The SMILES string of the molecule is Fc1ccc(-c2cnc(CC3CCN(Cc4ccccc4)CC3)cn2)cc1. The first-order valence-corrected chi connectivity index (χ1v) is 9.59. The number of rotatable bonds is 5. The highest BCUT2D eigenvalue weighted by Crippen LogP contribution is 2.23. The van der Waals surface area contributed by atoms with Crippen LogP contribution in [0.4, 0.5) is 4.39 Å². The number of hydrogen-bond donors (Lipinski definition) is 0. The summed E-state index contributed by atoms with van der Waals surface area (Å²) in [5.74, 6) is 0.435. The molecule has 1 fully saturated rings. The van der Waals surface area contributed by atoms with Crippen molar-refractivity contribution in [1.82, 2.24) is 14.9 Å². The van der Waals surface area contributed by atoms with Gasteiger partial charge in [0.15, 0.2) is 0 Å². The molecule has 0 bridgehead atoms. The third-order valence-corrected chi connectivity index (χ3v) is 5.30. The lowest BCUT2D eigenvalue weighted by molar-refractivity contribution is 0.176. The van der Waals surface area contributed by atoms with E-state index < -0.39 is 0 Å². The van der Waals surface area contributed by atoms with Gasteiger partial charge in [0, 0.05) is 18.3 Å². The van der Waals surface area contributed by atoms with Gasteiger partial charge in [0.25, 0.3) is 0 Å². The normalized spacial score (nSPS) is 15.7. The summed E-state index contributed by atoms with van der Waals surface area (Å²) in [6.07, 6.45) is 7.06. The molecule has 4 rings (SSSR count). The first kappa shape index (κ1) is 17.8. The largest absolute Gasteiger partial charge is 0.299 e. The van der Waals surface area contributed by atoms with Gasteiger partial charge in [-0.3, -0.25) is 14.9 Å². The van der Waals surface area contributed by atoms with Gasteiger partial charge in [0.2, 0.25) is 0 Å². The Bertz CT molecular complexity index is 839. The van der Waals surface area contributed by atoms with Crippen LogP contribution < -0.4 is 0 Å². The van der Waals surface area contributed by atoms with E-state index in [9.17, 15) is 4.39 Å². The molecule has 2 aromatic carbocycles. The highest BCUT2D eigenvalue weighted by atomic mass is 19.1. The van der Waals surface area contributed by atoms with Crippen LogP contribution in [0.1, 0.15) is 24.1 Å². The van der Waals surface area contributed by atoms with E-state index in [-0.39, 0.29) is 5.82 Å². The lowest BCUT2D eigenvalue weighted by Crippen LogP contribution is -2.33. The van der Waals surface area contributed by atoms with Gasteiger partial charge >= 0.3 is 0 Å². The van der Waals surface area contributed by atoms with Gasteiger partial charge in [0.1, 0.15) is 5.82 Å². The molecule has 0 unspecified atom stereocenters. The van der Waals surface area contributed by atoms with E-state index in [4.69, 9.17) is 0 Å². The Morgan fingerprint density at radius 3 is 2.30 bits per heavy atom. The van der Waals surface area contributed by atoms with Crippen LogP contribution >= 0.6 is 0 Å². The van der Waals surface area contributed by atoms with Crippen LogP contribution in [0.15, 0.2) is 67.0 Å². The van der Waals surface area contributed by atoms with Crippen LogP contribution in [0.25, 0.3) is 11.3 Å². The number of likely N-dealkylation sites (tertiary alicyclic amines) is 1. The van der Waals surface area contributed by atoms with Crippen molar-refractivity contribution in [2.24, 2.45) is 5.92 Å². The van der Waals surface area contributed by atoms with Crippen molar-refractivity contribution >= 4 is 0 Å². The maximum atomic E-state index is 13.0. The second kappa shape index (κ2) is 8.40. The molecule has 1 aliphatic rings.